The normalized spacial score (nSPS) is 11.6. The largest absolute Gasteiger partial charge is 0.448 e. The van der Waals surface area contributed by atoms with Crippen LogP contribution in [-0.2, 0) is 14.3 Å². The van der Waals surface area contributed by atoms with Gasteiger partial charge in [0.25, 0.3) is 5.91 Å². The lowest BCUT2D eigenvalue weighted by Gasteiger charge is -2.13. The molecule has 6 nitrogen and oxygen atoms in total. The Balaban J connectivity index is 2.04. The molecule has 0 fully saturated rings. The summed E-state index contributed by atoms with van der Waals surface area (Å²) in [6.07, 6.45) is 0.293. The van der Waals surface area contributed by atoms with Gasteiger partial charge >= 0.3 is 5.97 Å². The van der Waals surface area contributed by atoms with Gasteiger partial charge in [0.05, 0.1) is 11.6 Å². The summed E-state index contributed by atoms with van der Waals surface area (Å²) in [5, 5.41) is 20.7. The fourth-order valence-electron chi connectivity index (χ4n) is 2.15. The Morgan fingerprint density at radius 1 is 1.15 bits per heavy atom. The molecule has 0 aliphatic rings. The number of esters is 1. The first-order chi connectivity index (χ1) is 12.9. The van der Waals surface area contributed by atoms with Gasteiger partial charge in [0.1, 0.15) is 11.6 Å². The van der Waals surface area contributed by atoms with Crippen LogP contribution < -0.4 is 5.32 Å². The molecule has 1 amide bonds. The Bertz CT molecular complexity index is 963. The maximum Gasteiger partial charge on any atom is 0.349 e. The number of ether oxygens (including phenoxy) is 1. The van der Waals surface area contributed by atoms with Gasteiger partial charge in [-0.25, -0.2) is 4.79 Å². The summed E-state index contributed by atoms with van der Waals surface area (Å²) in [5.41, 5.74) is 2.34. The van der Waals surface area contributed by atoms with E-state index in [0.29, 0.717) is 16.8 Å². The van der Waals surface area contributed by atoms with Crippen LogP contribution in [0.1, 0.15) is 23.6 Å². The number of hydrogen-bond donors (Lipinski definition) is 1. The minimum absolute atomic E-state index is 0.204. The molecule has 6 heteroatoms. The molecule has 0 saturated carbocycles. The molecule has 0 aliphatic heterocycles. The fraction of sp³-hybridized carbons (Fsp3) is 0.143. The summed E-state index contributed by atoms with van der Waals surface area (Å²) in [4.78, 5) is 24.4. The predicted octanol–water partition coefficient (Wildman–Crippen LogP) is 3.34. The van der Waals surface area contributed by atoms with Gasteiger partial charge in [0.2, 0.25) is 0 Å². The molecule has 134 valence electrons. The van der Waals surface area contributed by atoms with Gasteiger partial charge in [0, 0.05) is 5.69 Å². The molecule has 0 unspecified atom stereocenters. The molecular weight excluding hydrogens is 342 g/mol. The number of aryl methyl sites for hydroxylation is 1. The molecule has 0 bridgehead atoms. The molecule has 0 heterocycles. The van der Waals surface area contributed by atoms with Crippen molar-refractivity contribution in [2.24, 2.45) is 0 Å². The zero-order valence-corrected chi connectivity index (χ0v) is 14.9. The van der Waals surface area contributed by atoms with Crippen LogP contribution in [0, 0.1) is 29.6 Å². The van der Waals surface area contributed by atoms with Crippen molar-refractivity contribution >= 4 is 23.6 Å². The lowest BCUT2D eigenvalue weighted by molar-refractivity contribution is -0.148. The van der Waals surface area contributed by atoms with Crippen LogP contribution >= 0.6 is 0 Å². The van der Waals surface area contributed by atoms with E-state index in [1.54, 1.807) is 36.4 Å². The maximum absolute atomic E-state index is 12.2. The maximum atomic E-state index is 12.2. The number of carbonyl (C=O) groups is 2. The highest BCUT2D eigenvalue weighted by Gasteiger charge is 2.20. The second-order valence-electron chi connectivity index (χ2n) is 5.81. The molecule has 0 aliphatic carbocycles. The fourth-order valence-corrected chi connectivity index (χ4v) is 2.15. The second kappa shape index (κ2) is 8.98. The molecule has 1 N–H and O–H groups in total. The van der Waals surface area contributed by atoms with Gasteiger partial charge in [-0.3, -0.25) is 4.79 Å². The Kier molecular flexibility index (Phi) is 6.46. The van der Waals surface area contributed by atoms with Crippen molar-refractivity contribution in [2.75, 3.05) is 5.32 Å². The Labute approximate surface area is 157 Å². The van der Waals surface area contributed by atoms with E-state index in [4.69, 9.17) is 10.00 Å². The van der Waals surface area contributed by atoms with Crippen molar-refractivity contribution in [3.63, 3.8) is 0 Å². The van der Waals surface area contributed by atoms with Gasteiger partial charge in [-0.1, -0.05) is 35.9 Å². The number of amides is 1. The molecule has 27 heavy (non-hydrogen) atoms. The highest BCUT2D eigenvalue weighted by molar-refractivity contribution is 6.01. The lowest BCUT2D eigenvalue weighted by atomic mass is 10.1. The van der Waals surface area contributed by atoms with Crippen molar-refractivity contribution < 1.29 is 14.3 Å². The van der Waals surface area contributed by atoms with Crippen LogP contribution in [0.4, 0.5) is 5.69 Å². The molecule has 0 saturated heterocycles. The summed E-state index contributed by atoms with van der Waals surface area (Å²) in [6.45, 7) is 3.34. The summed E-state index contributed by atoms with van der Waals surface area (Å²) in [5.74, 6) is -1.45. The molecular formula is C21H17N3O3. The Morgan fingerprint density at radius 2 is 1.85 bits per heavy atom. The number of hydrogen-bond acceptors (Lipinski definition) is 5. The van der Waals surface area contributed by atoms with E-state index >= 15 is 0 Å². The smallest absolute Gasteiger partial charge is 0.349 e. The number of carbonyl (C=O) groups excluding carboxylic acids is 2. The van der Waals surface area contributed by atoms with Crippen LogP contribution in [0.2, 0.25) is 0 Å². The molecule has 0 aromatic heterocycles. The SMILES string of the molecule is Cc1ccc(/C=C(\C#N)C(=O)O[C@H](C)C(=O)Nc2cccc(C#N)c2)cc1. The lowest BCUT2D eigenvalue weighted by Crippen LogP contribution is -2.30. The second-order valence-corrected chi connectivity index (χ2v) is 5.81. The number of nitrogens with zero attached hydrogens (tertiary/aromatic N) is 2. The first kappa shape index (κ1) is 19.4. The van der Waals surface area contributed by atoms with Gasteiger partial charge < -0.3 is 10.1 Å². The molecule has 0 radical (unpaired) electrons. The van der Waals surface area contributed by atoms with Crippen molar-refractivity contribution in [1.29, 1.82) is 10.5 Å². The Morgan fingerprint density at radius 3 is 2.48 bits per heavy atom. The third-order valence-electron chi connectivity index (χ3n) is 3.64. The summed E-state index contributed by atoms with van der Waals surface area (Å²) < 4.78 is 5.08. The molecule has 1 atom stereocenters. The zero-order chi connectivity index (χ0) is 19.8. The summed E-state index contributed by atoms with van der Waals surface area (Å²) in [7, 11) is 0. The summed E-state index contributed by atoms with van der Waals surface area (Å²) >= 11 is 0. The number of nitriles is 2. The van der Waals surface area contributed by atoms with Crippen LogP contribution in [0.5, 0.6) is 0 Å². The number of rotatable bonds is 5. The average Bonchev–Trinajstić information content (AvgIpc) is 2.67. The van der Waals surface area contributed by atoms with Crippen LogP contribution in [0.25, 0.3) is 6.08 Å². The zero-order valence-electron chi connectivity index (χ0n) is 14.9. The van der Waals surface area contributed by atoms with E-state index in [2.05, 4.69) is 5.32 Å². The van der Waals surface area contributed by atoms with E-state index in [9.17, 15) is 14.9 Å². The Hall–Kier alpha value is -3.90. The van der Waals surface area contributed by atoms with Crippen LogP contribution in [0.15, 0.2) is 54.1 Å². The van der Waals surface area contributed by atoms with E-state index in [0.717, 1.165) is 5.56 Å². The highest BCUT2D eigenvalue weighted by Crippen LogP contribution is 2.13. The van der Waals surface area contributed by atoms with Gasteiger partial charge in [-0.15, -0.1) is 0 Å². The summed E-state index contributed by atoms with van der Waals surface area (Å²) in [6, 6.07) is 17.4. The van der Waals surface area contributed by atoms with E-state index in [-0.39, 0.29) is 5.57 Å². The molecule has 2 aromatic rings. The first-order valence-electron chi connectivity index (χ1n) is 8.13. The topological polar surface area (TPSA) is 103 Å². The minimum atomic E-state index is -1.11. The van der Waals surface area contributed by atoms with E-state index < -0.39 is 18.0 Å². The van der Waals surface area contributed by atoms with Crippen molar-refractivity contribution in [1.82, 2.24) is 0 Å². The quantitative estimate of drug-likeness (QED) is 0.501. The number of anilines is 1. The first-order valence-corrected chi connectivity index (χ1v) is 8.13. The monoisotopic (exact) mass is 359 g/mol. The van der Waals surface area contributed by atoms with Gasteiger partial charge in [-0.2, -0.15) is 10.5 Å². The minimum Gasteiger partial charge on any atom is -0.448 e. The standard InChI is InChI=1S/C21H17N3O3/c1-14-6-8-16(9-7-14)10-18(13-23)21(26)27-15(2)20(25)24-19-5-3-4-17(11-19)12-22/h3-11,15H,1-2H3,(H,24,25)/b18-10+/t15-/m1/s1. The van der Waals surface area contributed by atoms with E-state index in [1.165, 1.54) is 19.1 Å². The highest BCUT2D eigenvalue weighted by atomic mass is 16.5. The third-order valence-corrected chi connectivity index (χ3v) is 3.64. The number of nitrogens with one attached hydrogen (secondary N) is 1. The third kappa shape index (κ3) is 5.55. The molecule has 2 rings (SSSR count). The number of benzene rings is 2. The predicted molar refractivity (Wildman–Crippen MR) is 100 cm³/mol. The van der Waals surface area contributed by atoms with Crippen LogP contribution in [0.3, 0.4) is 0 Å². The van der Waals surface area contributed by atoms with Gasteiger partial charge in [-0.05, 0) is 43.7 Å². The average molecular weight is 359 g/mol. The molecule has 2 aromatic carbocycles. The van der Waals surface area contributed by atoms with Gasteiger partial charge in [0.15, 0.2) is 6.10 Å². The van der Waals surface area contributed by atoms with E-state index in [1.807, 2.05) is 25.1 Å². The van der Waals surface area contributed by atoms with Crippen LogP contribution in [-0.4, -0.2) is 18.0 Å². The van der Waals surface area contributed by atoms with Crippen molar-refractivity contribution in [3.05, 3.63) is 70.8 Å². The van der Waals surface area contributed by atoms with Crippen molar-refractivity contribution in [2.45, 2.75) is 20.0 Å². The molecule has 0 spiro atoms. The van der Waals surface area contributed by atoms with Crippen molar-refractivity contribution in [3.8, 4) is 12.1 Å².